The lowest BCUT2D eigenvalue weighted by atomic mass is 10.1. The molecule has 2 heterocycles. The topological polar surface area (TPSA) is 84.7 Å². The van der Waals surface area contributed by atoms with Gasteiger partial charge in [0.1, 0.15) is 12.1 Å². The smallest absolute Gasteiger partial charge is 0.282 e. The van der Waals surface area contributed by atoms with E-state index in [1.165, 1.54) is 23.3 Å². The molecule has 0 bridgehead atoms. The SMILES string of the molecule is Cc1cc(-c2ncn(/C=C\C(=O)NNc3cc(C)cc(C)n3)n2)cc(C(F)(F)F)c1. The number of benzene rings is 1. The number of carbonyl (C=O) groups is 1. The minimum absolute atomic E-state index is 0.117. The summed E-state index contributed by atoms with van der Waals surface area (Å²) in [6.07, 6.45) is -0.624. The molecule has 2 aromatic heterocycles. The molecule has 156 valence electrons. The van der Waals surface area contributed by atoms with Crippen LogP contribution in [0.1, 0.15) is 22.4 Å². The zero-order valence-corrected chi connectivity index (χ0v) is 16.4. The number of hydrogen-bond acceptors (Lipinski definition) is 5. The number of nitrogens with one attached hydrogen (secondary N) is 2. The van der Waals surface area contributed by atoms with Crippen molar-refractivity contribution < 1.29 is 18.0 Å². The van der Waals surface area contributed by atoms with Crippen LogP contribution in [0.5, 0.6) is 0 Å². The molecule has 10 heteroatoms. The zero-order chi connectivity index (χ0) is 21.9. The van der Waals surface area contributed by atoms with Crippen LogP contribution in [0, 0.1) is 20.8 Å². The summed E-state index contributed by atoms with van der Waals surface area (Å²) in [6, 6.07) is 7.29. The molecule has 0 unspecified atom stereocenters. The number of halogens is 3. The summed E-state index contributed by atoms with van der Waals surface area (Å²) < 4.78 is 40.3. The van der Waals surface area contributed by atoms with Crippen LogP contribution >= 0.6 is 0 Å². The van der Waals surface area contributed by atoms with Crippen molar-refractivity contribution >= 4 is 17.9 Å². The lowest BCUT2D eigenvalue weighted by molar-refractivity contribution is -0.137. The highest BCUT2D eigenvalue weighted by molar-refractivity contribution is 5.90. The summed E-state index contributed by atoms with van der Waals surface area (Å²) in [5.41, 5.74) is 6.89. The molecule has 0 aliphatic rings. The lowest BCUT2D eigenvalue weighted by Gasteiger charge is -2.09. The number of alkyl halides is 3. The van der Waals surface area contributed by atoms with Crippen molar-refractivity contribution in [2.24, 2.45) is 0 Å². The predicted octanol–water partition coefficient (Wildman–Crippen LogP) is 3.90. The molecule has 0 atom stereocenters. The van der Waals surface area contributed by atoms with Gasteiger partial charge in [-0.1, -0.05) is 0 Å². The van der Waals surface area contributed by atoms with Crippen molar-refractivity contribution in [3.63, 3.8) is 0 Å². The first-order valence-electron chi connectivity index (χ1n) is 8.90. The van der Waals surface area contributed by atoms with Crippen molar-refractivity contribution in [3.8, 4) is 11.4 Å². The van der Waals surface area contributed by atoms with Gasteiger partial charge in [0, 0.05) is 23.5 Å². The summed E-state index contributed by atoms with van der Waals surface area (Å²) in [5.74, 6) is 0.145. The Kier molecular flexibility index (Phi) is 5.86. The van der Waals surface area contributed by atoms with Crippen LogP contribution in [0.4, 0.5) is 19.0 Å². The van der Waals surface area contributed by atoms with E-state index in [1.54, 1.807) is 19.1 Å². The third kappa shape index (κ3) is 5.43. The van der Waals surface area contributed by atoms with Crippen LogP contribution in [0.15, 0.2) is 42.7 Å². The maximum absolute atomic E-state index is 13.0. The van der Waals surface area contributed by atoms with Gasteiger partial charge in [0.05, 0.1) is 5.56 Å². The Morgan fingerprint density at radius 1 is 1.07 bits per heavy atom. The molecule has 0 saturated heterocycles. The van der Waals surface area contributed by atoms with Crippen molar-refractivity contribution in [2.45, 2.75) is 26.9 Å². The van der Waals surface area contributed by atoms with E-state index in [4.69, 9.17) is 0 Å². The van der Waals surface area contributed by atoms with E-state index in [0.717, 1.165) is 23.4 Å². The second kappa shape index (κ2) is 8.36. The fourth-order valence-electron chi connectivity index (χ4n) is 2.77. The molecule has 7 nitrogen and oxygen atoms in total. The number of aromatic nitrogens is 4. The number of amides is 1. The van der Waals surface area contributed by atoms with Crippen molar-refractivity contribution in [2.75, 3.05) is 5.43 Å². The third-order valence-electron chi connectivity index (χ3n) is 3.96. The van der Waals surface area contributed by atoms with E-state index in [0.29, 0.717) is 11.4 Å². The third-order valence-corrected chi connectivity index (χ3v) is 3.96. The number of anilines is 1. The number of hydrogen-bond donors (Lipinski definition) is 2. The van der Waals surface area contributed by atoms with Gasteiger partial charge in [-0.2, -0.15) is 13.2 Å². The van der Waals surface area contributed by atoms with Gasteiger partial charge in [0.2, 0.25) is 0 Å². The summed E-state index contributed by atoms with van der Waals surface area (Å²) in [5, 5.41) is 4.10. The van der Waals surface area contributed by atoms with Gasteiger partial charge < -0.3 is 0 Å². The van der Waals surface area contributed by atoms with Crippen molar-refractivity contribution in [3.05, 3.63) is 65.1 Å². The monoisotopic (exact) mass is 416 g/mol. The molecule has 30 heavy (non-hydrogen) atoms. The second-order valence-electron chi connectivity index (χ2n) is 6.73. The Morgan fingerprint density at radius 3 is 2.50 bits per heavy atom. The molecule has 3 rings (SSSR count). The van der Waals surface area contributed by atoms with E-state index in [2.05, 4.69) is 25.9 Å². The minimum atomic E-state index is -4.46. The maximum Gasteiger partial charge on any atom is 0.416 e. The van der Waals surface area contributed by atoms with Crippen LogP contribution < -0.4 is 10.9 Å². The molecule has 1 amide bonds. The van der Waals surface area contributed by atoms with Crippen LogP contribution in [0.2, 0.25) is 0 Å². The Bertz CT molecular complexity index is 1080. The average Bonchev–Trinajstić information content (AvgIpc) is 3.12. The molecule has 0 aliphatic heterocycles. The number of aryl methyl sites for hydroxylation is 3. The van der Waals surface area contributed by atoms with Gasteiger partial charge in [-0.05, 0) is 62.2 Å². The maximum atomic E-state index is 13.0. The molecule has 3 aromatic rings. The highest BCUT2D eigenvalue weighted by atomic mass is 19.4. The number of carbonyl (C=O) groups excluding carboxylic acids is 1. The molecule has 0 saturated carbocycles. The first-order valence-corrected chi connectivity index (χ1v) is 8.90. The number of rotatable bonds is 5. The van der Waals surface area contributed by atoms with Crippen molar-refractivity contribution in [1.29, 1.82) is 0 Å². The summed E-state index contributed by atoms with van der Waals surface area (Å²) >= 11 is 0. The van der Waals surface area contributed by atoms with Crippen LogP contribution in [-0.2, 0) is 11.0 Å². The fourth-order valence-corrected chi connectivity index (χ4v) is 2.77. The largest absolute Gasteiger partial charge is 0.416 e. The molecule has 0 aliphatic carbocycles. The van der Waals surface area contributed by atoms with E-state index in [-0.39, 0.29) is 11.4 Å². The van der Waals surface area contributed by atoms with E-state index in [1.807, 2.05) is 19.9 Å². The highest BCUT2D eigenvalue weighted by Gasteiger charge is 2.31. The van der Waals surface area contributed by atoms with Gasteiger partial charge in [-0.15, -0.1) is 5.10 Å². The van der Waals surface area contributed by atoms with Gasteiger partial charge in [0.15, 0.2) is 5.82 Å². The number of nitrogens with zero attached hydrogens (tertiary/aromatic N) is 4. The Balaban J connectivity index is 1.67. The van der Waals surface area contributed by atoms with E-state index in [9.17, 15) is 18.0 Å². The molecule has 0 radical (unpaired) electrons. The van der Waals surface area contributed by atoms with E-state index >= 15 is 0 Å². The summed E-state index contributed by atoms with van der Waals surface area (Å²) in [6.45, 7) is 5.32. The predicted molar refractivity (Wildman–Crippen MR) is 106 cm³/mol. The van der Waals surface area contributed by atoms with Gasteiger partial charge >= 0.3 is 6.18 Å². The lowest BCUT2D eigenvalue weighted by Crippen LogP contribution is -2.28. The quantitative estimate of drug-likeness (QED) is 0.487. The van der Waals surface area contributed by atoms with Crippen LogP contribution in [-0.4, -0.2) is 25.7 Å². The molecule has 1 aromatic carbocycles. The molecule has 0 spiro atoms. The zero-order valence-electron chi connectivity index (χ0n) is 16.4. The first kappa shape index (κ1) is 21.0. The number of hydrazine groups is 1. The van der Waals surface area contributed by atoms with Gasteiger partial charge in [-0.25, -0.2) is 14.6 Å². The first-order chi connectivity index (χ1) is 14.1. The van der Waals surface area contributed by atoms with Crippen LogP contribution in [0.25, 0.3) is 17.6 Å². The molecule has 0 fully saturated rings. The Morgan fingerprint density at radius 2 is 1.80 bits per heavy atom. The van der Waals surface area contributed by atoms with Gasteiger partial charge in [-0.3, -0.25) is 15.6 Å². The molecular weight excluding hydrogens is 397 g/mol. The Hall–Kier alpha value is -3.69. The fraction of sp³-hybridized carbons (Fsp3) is 0.200. The highest BCUT2D eigenvalue weighted by Crippen LogP contribution is 2.32. The summed E-state index contributed by atoms with van der Waals surface area (Å²) in [4.78, 5) is 20.2. The van der Waals surface area contributed by atoms with E-state index < -0.39 is 17.6 Å². The standard InChI is InChI=1S/C20H19F3N6O/c1-12-6-14(3)25-17(9-12)26-27-18(30)4-5-29-11-24-19(28-29)15-7-13(2)8-16(10-15)20(21,22)23/h4-11H,1-3H3,(H,25,26)(H,27,30)/b5-4-. The normalized spacial score (nSPS) is 11.7. The second-order valence-corrected chi connectivity index (χ2v) is 6.73. The summed E-state index contributed by atoms with van der Waals surface area (Å²) in [7, 11) is 0. The van der Waals surface area contributed by atoms with Crippen LogP contribution in [0.3, 0.4) is 0 Å². The minimum Gasteiger partial charge on any atom is -0.282 e. The average molecular weight is 416 g/mol. The number of pyridine rings is 1. The molecular formula is C20H19F3N6O. The van der Waals surface area contributed by atoms with Gasteiger partial charge in [0.25, 0.3) is 5.91 Å². The molecule has 2 N–H and O–H groups in total. The Labute approximate surface area is 170 Å². The van der Waals surface area contributed by atoms with Crippen molar-refractivity contribution in [1.82, 2.24) is 25.2 Å².